The molecule has 0 aliphatic rings. The number of thiophene rings is 1. The second kappa shape index (κ2) is 3.77. The molecule has 0 spiro atoms. The Morgan fingerprint density at radius 3 is 2.94 bits per heavy atom. The van der Waals surface area contributed by atoms with Crippen molar-refractivity contribution in [2.75, 3.05) is 0 Å². The first-order chi connectivity index (χ1) is 7.84. The molecule has 6 heteroatoms. The van der Waals surface area contributed by atoms with Crippen molar-refractivity contribution in [2.45, 2.75) is 0 Å². The van der Waals surface area contributed by atoms with E-state index in [0.29, 0.717) is 16.7 Å². The Morgan fingerprint density at radius 2 is 2.12 bits per heavy atom. The zero-order valence-corrected chi connectivity index (χ0v) is 9.53. The highest BCUT2D eigenvalue weighted by atomic mass is 35.5. The molecule has 3 aromatic heterocycles. The predicted molar refractivity (Wildman–Crippen MR) is 63.5 cm³/mol. The van der Waals surface area contributed by atoms with Crippen LogP contribution in [0.1, 0.15) is 0 Å². The molecule has 0 aromatic carbocycles. The quantitative estimate of drug-likeness (QED) is 0.622. The first kappa shape index (κ1) is 9.62. The van der Waals surface area contributed by atoms with Gasteiger partial charge in [0.05, 0.1) is 6.20 Å². The fourth-order valence-electron chi connectivity index (χ4n) is 1.35. The third kappa shape index (κ3) is 1.54. The van der Waals surface area contributed by atoms with Gasteiger partial charge in [-0.3, -0.25) is 4.98 Å². The van der Waals surface area contributed by atoms with Crippen molar-refractivity contribution >= 4 is 33.2 Å². The lowest BCUT2D eigenvalue weighted by Gasteiger charge is -1.99. The van der Waals surface area contributed by atoms with Gasteiger partial charge in [-0.15, -0.1) is 11.3 Å². The summed E-state index contributed by atoms with van der Waals surface area (Å²) in [6, 6.07) is 1.91. The molecule has 0 fully saturated rings. The minimum atomic E-state index is 0.451. The van der Waals surface area contributed by atoms with Crippen LogP contribution >= 0.6 is 22.9 Å². The van der Waals surface area contributed by atoms with Gasteiger partial charge in [0.25, 0.3) is 0 Å². The number of aromatic nitrogens is 4. The molecule has 0 amide bonds. The average molecular weight is 249 g/mol. The monoisotopic (exact) mass is 248 g/mol. The highest BCUT2D eigenvalue weighted by Crippen LogP contribution is 2.27. The van der Waals surface area contributed by atoms with Gasteiger partial charge >= 0.3 is 0 Å². The van der Waals surface area contributed by atoms with Crippen molar-refractivity contribution in [3.8, 4) is 11.5 Å². The van der Waals surface area contributed by atoms with Crippen LogP contribution < -0.4 is 0 Å². The number of fused-ring (bicyclic) bond motifs is 1. The second-order valence-electron chi connectivity index (χ2n) is 3.07. The van der Waals surface area contributed by atoms with Crippen LogP contribution in [0.25, 0.3) is 21.7 Å². The molecule has 4 nitrogen and oxygen atoms in total. The zero-order valence-electron chi connectivity index (χ0n) is 7.96. The van der Waals surface area contributed by atoms with E-state index in [1.165, 1.54) is 11.3 Å². The Hall–Kier alpha value is -1.59. The van der Waals surface area contributed by atoms with Gasteiger partial charge in [-0.05, 0) is 11.4 Å². The third-order valence-corrected chi connectivity index (χ3v) is 3.17. The Bertz CT molecular complexity index is 638. The topological polar surface area (TPSA) is 51.6 Å². The summed E-state index contributed by atoms with van der Waals surface area (Å²) in [5.41, 5.74) is 0.625. The van der Waals surface area contributed by atoms with E-state index in [0.717, 1.165) is 10.2 Å². The Labute approximate surface area is 100.0 Å². The Balaban J connectivity index is 2.25. The maximum absolute atomic E-state index is 6.06. The largest absolute Gasteiger partial charge is 0.261 e. The van der Waals surface area contributed by atoms with Crippen molar-refractivity contribution in [1.82, 2.24) is 19.9 Å². The van der Waals surface area contributed by atoms with E-state index in [9.17, 15) is 0 Å². The van der Waals surface area contributed by atoms with Gasteiger partial charge in [-0.2, -0.15) is 0 Å². The first-order valence-electron chi connectivity index (χ1n) is 4.52. The number of rotatable bonds is 1. The van der Waals surface area contributed by atoms with Gasteiger partial charge in [-0.25, -0.2) is 15.0 Å². The molecule has 3 aromatic rings. The molecule has 0 aliphatic heterocycles. The van der Waals surface area contributed by atoms with Crippen LogP contribution in [0.5, 0.6) is 0 Å². The van der Waals surface area contributed by atoms with Crippen LogP contribution in [-0.2, 0) is 0 Å². The van der Waals surface area contributed by atoms with Gasteiger partial charge in [-0.1, -0.05) is 11.6 Å². The summed E-state index contributed by atoms with van der Waals surface area (Å²) < 4.78 is 0. The molecule has 0 N–H and O–H groups in total. The second-order valence-corrected chi connectivity index (χ2v) is 4.32. The van der Waals surface area contributed by atoms with Crippen molar-refractivity contribution in [3.63, 3.8) is 0 Å². The van der Waals surface area contributed by atoms with Gasteiger partial charge in [0.1, 0.15) is 15.7 Å². The zero-order chi connectivity index (χ0) is 11.0. The summed E-state index contributed by atoms with van der Waals surface area (Å²) in [5.74, 6) is 0.507. The van der Waals surface area contributed by atoms with E-state index in [2.05, 4.69) is 19.9 Å². The summed E-state index contributed by atoms with van der Waals surface area (Å²) in [5, 5.41) is 3.26. The normalized spacial score (nSPS) is 10.8. The van der Waals surface area contributed by atoms with Crippen LogP contribution in [0.2, 0.25) is 5.15 Å². The smallest absolute Gasteiger partial charge is 0.182 e. The molecular formula is C10H5ClN4S. The van der Waals surface area contributed by atoms with Gasteiger partial charge < -0.3 is 0 Å². The van der Waals surface area contributed by atoms with Crippen LogP contribution in [0, 0.1) is 0 Å². The summed E-state index contributed by atoms with van der Waals surface area (Å²) in [6.45, 7) is 0. The maximum Gasteiger partial charge on any atom is 0.182 e. The third-order valence-electron chi connectivity index (χ3n) is 2.07. The first-order valence-corrected chi connectivity index (χ1v) is 5.77. The molecule has 0 saturated carbocycles. The van der Waals surface area contributed by atoms with Crippen LogP contribution in [-0.4, -0.2) is 19.9 Å². The SMILES string of the molecule is Clc1nc(-c2cnccn2)nc2sccc12. The lowest BCUT2D eigenvalue weighted by atomic mass is 10.4. The summed E-state index contributed by atoms with van der Waals surface area (Å²) >= 11 is 7.59. The fraction of sp³-hybridized carbons (Fsp3) is 0. The Morgan fingerprint density at radius 1 is 1.19 bits per heavy atom. The highest BCUT2D eigenvalue weighted by Gasteiger charge is 2.09. The number of nitrogens with zero attached hydrogens (tertiary/aromatic N) is 4. The molecule has 0 unspecified atom stereocenters. The number of halogens is 1. The number of hydrogen-bond acceptors (Lipinski definition) is 5. The molecule has 16 heavy (non-hydrogen) atoms. The molecule has 3 heterocycles. The standard InChI is InChI=1S/C10H5ClN4S/c11-8-6-1-4-16-10(6)15-9(14-8)7-5-12-2-3-13-7/h1-5H. The molecule has 0 atom stereocenters. The molecule has 0 aliphatic carbocycles. The van der Waals surface area contributed by atoms with Crippen molar-refractivity contribution in [3.05, 3.63) is 35.2 Å². The minimum absolute atomic E-state index is 0.451. The van der Waals surface area contributed by atoms with E-state index < -0.39 is 0 Å². The molecule has 0 bridgehead atoms. The molecule has 0 radical (unpaired) electrons. The summed E-state index contributed by atoms with van der Waals surface area (Å²) in [4.78, 5) is 17.6. The van der Waals surface area contributed by atoms with Gasteiger partial charge in [0.15, 0.2) is 5.82 Å². The van der Waals surface area contributed by atoms with E-state index in [-0.39, 0.29) is 0 Å². The molecular weight excluding hydrogens is 244 g/mol. The number of hydrogen-bond donors (Lipinski definition) is 0. The summed E-state index contributed by atoms with van der Waals surface area (Å²) in [7, 11) is 0. The van der Waals surface area contributed by atoms with Crippen LogP contribution in [0.3, 0.4) is 0 Å². The average Bonchev–Trinajstić information content (AvgIpc) is 2.79. The molecule has 0 saturated heterocycles. The van der Waals surface area contributed by atoms with E-state index in [1.54, 1.807) is 18.6 Å². The van der Waals surface area contributed by atoms with Crippen LogP contribution in [0.15, 0.2) is 30.0 Å². The lowest BCUT2D eigenvalue weighted by Crippen LogP contribution is -1.92. The van der Waals surface area contributed by atoms with Crippen molar-refractivity contribution in [2.24, 2.45) is 0 Å². The van der Waals surface area contributed by atoms with E-state index in [4.69, 9.17) is 11.6 Å². The predicted octanol–water partition coefficient (Wildman–Crippen LogP) is 2.80. The minimum Gasteiger partial charge on any atom is -0.261 e. The van der Waals surface area contributed by atoms with Crippen LogP contribution in [0.4, 0.5) is 0 Å². The van der Waals surface area contributed by atoms with E-state index >= 15 is 0 Å². The van der Waals surface area contributed by atoms with Gasteiger partial charge in [0.2, 0.25) is 0 Å². The van der Waals surface area contributed by atoms with E-state index in [1.807, 2.05) is 11.4 Å². The van der Waals surface area contributed by atoms with Crippen molar-refractivity contribution in [1.29, 1.82) is 0 Å². The van der Waals surface area contributed by atoms with Crippen molar-refractivity contribution < 1.29 is 0 Å². The Kier molecular flexibility index (Phi) is 2.27. The molecule has 3 rings (SSSR count). The summed E-state index contributed by atoms with van der Waals surface area (Å²) in [6.07, 6.45) is 4.82. The highest BCUT2D eigenvalue weighted by molar-refractivity contribution is 7.16. The molecule has 78 valence electrons. The maximum atomic E-state index is 6.06. The van der Waals surface area contributed by atoms with Gasteiger partial charge in [0, 0.05) is 17.8 Å². The lowest BCUT2D eigenvalue weighted by molar-refractivity contribution is 1.14. The fourth-order valence-corrected chi connectivity index (χ4v) is 2.40.